The van der Waals surface area contributed by atoms with Gasteiger partial charge in [-0.2, -0.15) is 0 Å². The molecule has 1 saturated heterocycles. The highest BCUT2D eigenvalue weighted by Gasteiger charge is 2.25. The number of nitrogens with zero attached hydrogens (tertiary/aromatic N) is 5. The first-order valence-electron chi connectivity index (χ1n) is 9.38. The number of piperazine rings is 1. The first-order valence-corrected chi connectivity index (χ1v) is 9.76. The van der Waals surface area contributed by atoms with Crippen LogP contribution in [0.25, 0.3) is 11.3 Å². The highest BCUT2D eigenvalue weighted by molar-refractivity contribution is 6.32. The number of anilines is 1. The van der Waals surface area contributed by atoms with Crippen LogP contribution in [0.5, 0.6) is 0 Å². The Morgan fingerprint density at radius 2 is 1.73 bits per heavy atom. The Labute approximate surface area is 177 Å². The summed E-state index contributed by atoms with van der Waals surface area (Å²) in [7, 11) is 0. The Bertz CT molecular complexity index is 1090. The number of carbonyl (C=O) groups is 1. The predicted octanol–water partition coefficient (Wildman–Crippen LogP) is 3.67. The summed E-state index contributed by atoms with van der Waals surface area (Å²) < 4.78 is 0. The Kier molecular flexibility index (Phi) is 5.58. The van der Waals surface area contributed by atoms with Crippen LogP contribution in [-0.4, -0.2) is 51.9 Å². The second kappa shape index (κ2) is 8.46. The van der Waals surface area contributed by atoms with E-state index in [9.17, 15) is 14.9 Å². The van der Waals surface area contributed by atoms with Gasteiger partial charge >= 0.3 is 0 Å². The normalized spacial score (nSPS) is 13.9. The van der Waals surface area contributed by atoms with E-state index in [1.807, 2.05) is 36.4 Å². The molecule has 1 aliphatic rings. The summed E-state index contributed by atoms with van der Waals surface area (Å²) >= 11 is 5.84. The van der Waals surface area contributed by atoms with Crippen molar-refractivity contribution in [2.45, 2.75) is 0 Å². The largest absolute Gasteiger partial charge is 0.353 e. The Balaban J connectivity index is 1.45. The molecule has 30 heavy (non-hydrogen) atoms. The quantitative estimate of drug-likeness (QED) is 0.469. The number of hydrogen-bond donors (Lipinski definition) is 0. The van der Waals surface area contributed by atoms with Crippen molar-refractivity contribution >= 4 is 29.0 Å². The molecule has 152 valence electrons. The number of carbonyl (C=O) groups excluding carboxylic acids is 1. The lowest BCUT2D eigenvalue weighted by Crippen LogP contribution is -2.49. The Morgan fingerprint density at radius 1 is 1.00 bits per heavy atom. The zero-order valence-corrected chi connectivity index (χ0v) is 16.7. The summed E-state index contributed by atoms with van der Waals surface area (Å²) in [5.41, 5.74) is 1.84. The third kappa shape index (κ3) is 4.08. The molecule has 0 unspecified atom stereocenters. The molecule has 2 heterocycles. The predicted molar refractivity (Wildman–Crippen MR) is 114 cm³/mol. The van der Waals surface area contributed by atoms with Gasteiger partial charge in [0.2, 0.25) is 0 Å². The molecule has 1 amide bonds. The zero-order valence-electron chi connectivity index (χ0n) is 15.9. The van der Waals surface area contributed by atoms with Gasteiger partial charge < -0.3 is 9.80 Å². The summed E-state index contributed by atoms with van der Waals surface area (Å²) in [6.45, 7) is 2.18. The topological polar surface area (TPSA) is 92.5 Å². The van der Waals surface area contributed by atoms with Crippen LogP contribution in [0.15, 0.2) is 60.9 Å². The highest BCUT2D eigenvalue weighted by atomic mass is 35.5. The van der Waals surface area contributed by atoms with Gasteiger partial charge in [-0.05, 0) is 12.1 Å². The number of aromatic nitrogens is 2. The van der Waals surface area contributed by atoms with E-state index in [4.69, 9.17) is 11.6 Å². The molecule has 1 fully saturated rings. The first-order chi connectivity index (χ1) is 14.5. The van der Waals surface area contributed by atoms with Crippen molar-refractivity contribution in [3.05, 3.63) is 81.6 Å². The maximum atomic E-state index is 12.8. The van der Waals surface area contributed by atoms with Gasteiger partial charge in [0, 0.05) is 49.4 Å². The van der Waals surface area contributed by atoms with Gasteiger partial charge in [-0.15, -0.1) is 0 Å². The summed E-state index contributed by atoms with van der Waals surface area (Å²) in [5, 5.41) is 11.1. The van der Waals surface area contributed by atoms with Gasteiger partial charge in [0.05, 0.1) is 10.6 Å². The second-order valence-electron chi connectivity index (χ2n) is 6.83. The molecule has 3 aromatic rings. The maximum absolute atomic E-state index is 12.8. The Morgan fingerprint density at radius 3 is 2.43 bits per heavy atom. The van der Waals surface area contributed by atoms with E-state index < -0.39 is 4.92 Å². The van der Waals surface area contributed by atoms with E-state index in [1.54, 1.807) is 11.2 Å². The molecule has 1 aromatic heterocycles. The smallest absolute Gasteiger partial charge is 0.288 e. The number of rotatable bonds is 4. The lowest BCUT2D eigenvalue weighted by Gasteiger charge is -2.35. The third-order valence-electron chi connectivity index (χ3n) is 5.00. The molecule has 0 N–H and O–H groups in total. The van der Waals surface area contributed by atoms with Gasteiger partial charge in [0.1, 0.15) is 17.2 Å². The van der Waals surface area contributed by atoms with Gasteiger partial charge in [0.25, 0.3) is 11.6 Å². The third-order valence-corrected chi connectivity index (χ3v) is 5.32. The molecular weight excluding hydrogens is 406 g/mol. The van der Waals surface area contributed by atoms with Crippen molar-refractivity contribution in [1.29, 1.82) is 0 Å². The number of benzene rings is 2. The maximum Gasteiger partial charge on any atom is 0.288 e. The van der Waals surface area contributed by atoms with Crippen LogP contribution in [0.3, 0.4) is 0 Å². The standard InChI is InChI=1S/C21H18ClN5O3/c22-17-7-6-16(12-19(17)27(29)30)21(28)26-10-8-25(9-11-26)20-13-18(23-14-24-20)15-4-2-1-3-5-15/h1-7,12-14H,8-11H2. The summed E-state index contributed by atoms with van der Waals surface area (Å²) in [6.07, 6.45) is 1.54. The van der Waals surface area contributed by atoms with Crippen LogP contribution in [0.4, 0.5) is 11.5 Å². The SMILES string of the molecule is O=C(c1ccc(Cl)c([N+](=O)[O-])c1)N1CCN(c2cc(-c3ccccc3)ncn2)CC1. The average molecular weight is 424 g/mol. The molecule has 0 atom stereocenters. The van der Waals surface area contributed by atoms with Crippen LogP contribution in [0.1, 0.15) is 10.4 Å². The van der Waals surface area contributed by atoms with Gasteiger partial charge in [-0.1, -0.05) is 41.9 Å². The van der Waals surface area contributed by atoms with E-state index in [-0.39, 0.29) is 22.2 Å². The number of hydrogen-bond acceptors (Lipinski definition) is 6. The second-order valence-corrected chi connectivity index (χ2v) is 7.24. The molecule has 2 aromatic carbocycles. The first kappa shape index (κ1) is 19.8. The van der Waals surface area contributed by atoms with E-state index >= 15 is 0 Å². The minimum atomic E-state index is -0.587. The molecular formula is C21H18ClN5O3. The molecule has 1 aliphatic heterocycles. The zero-order chi connectivity index (χ0) is 21.1. The Hall–Kier alpha value is -3.52. The fourth-order valence-electron chi connectivity index (χ4n) is 3.39. The lowest BCUT2D eigenvalue weighted by molar-refractivity contribution is -0.384. The summed E-state index contributed by atoms with van der Waals surface area (Å²) in [5.74, 6) is 0.556. The summed E-state index contributed by atoms with van der Waals surface area (Å²) in [6, 6.07) is 15.9. The van der Waals surface area contributed by atoms with Crippen molar-refractivity contribution in [2.75, 3.05) is 31.1 Å². The van der Waals surface area contributed by atoms with E-state index in [2.05, 4.69) is 14.9 Å². The van der Waals surface area contributed by atoms with E-state index in [0.29, 0.717) is 26.2 Å². The minimum absolute atomic E-state index is 0.0133. The van der Waals surface area contributed by atoms with E-state index in [1.165, 1.54) is 18.2 Å². The number of nitro groups is 1. The van der Waals surface area contributed by atoms with E-state index in [0.717, 1.165) is 17.1 Å². The monoisotopic (exact) mass is 423 g/mol. The molecule has 8 nitrogen and oxygen atoms in total. The average Bonchev–Trinajstić information content (AvgIpc) is 2.79. The molecule has 0 bridgehead atoms. The summed E-state index contributed by atoms with van der Waals surface area (Å²) in [4.78, 5) is 35.8. The fourth-order valence-corrected chi connectivity index (χ4v) is 3.58. The van der Waals surface area contributed by atoms with Crippen molar-refractivity contribution in [3.63, 3.8) is 0 Å². The van der Waals surface area contributed by atoms with Crippen molar-refractivity contribution < 1.29 is 9.72 Å². The van der Waals surface area contributed by atoms with Crippen LogP contribution >= 0.6 is 11.6 Å². The molecule has 0 saturated carbocycles. The van der Waals surface area contributed by atoms with Crippen molar-refractivity contribution in [2.24, 2.45) is 0 Å². The number of nitro benzene ring substituents is 1. The molecule has 0 radical (unpaired) electrons. The highest BCUT2D eigenvalue weighted by Crippen LogP contribution is 2.26. The fraction of sp³-hybridized carbons (Fsp3) is 0.190. The van der Waals surface area contributed by atoms with Gasteiger partial charge in [-0.3, -0.25) is 14.9 Å². The number of halogens is 1. The molecule has 0 aliphatic carbocycles. The van der Waals surface area contributed by atoms with Crippen molar-refractivity contribution in [1.82, 2.24) is 14.9 Å². The lowest BCUT2D eigenvalue weighted by atomic mass is 10.1. The molecule has 9 heteroatoms. The minimum Gasteiger partial charge on any atom is -0.353 e. The van der Waals surface area contributed by atoms with Crippen molar-refractivity contribution in [3.8, 4) is 11.3 Å². The van der Waals surface area contributed by atoms with Crippen LogP contribution < -0.4 is 4.90 Å². The molecule has 4 rings (SSSR count). The van der Waals surface area contributed by atoms with Crippen LogP contribution in [-0.2, 0) is 0 Å². The van der Waals surface area contributed by atoms with Crippen LogP contribution in [0.2, 0.25) is 5.02 Å². The van der Waals surface area contributed by atoms with Crippen LogP contribution in [0, 0.1) is 10.1 Å². The van der Waals surface area contributed by atoms with Gasteiger partial charge in [0.15, 0.2) is 0 Å². The molecule has 0 spiro atoms. The number of amides is 1. The van der Waals surface area contributed by atoms with Gasteiger partial charge in [-0.25, -0.2) is 9.97 Å².